The van der Waals surface area contributed by atoms with Gasteiger partial charge in [0, 0.05) is 54.2 Å². The summed E-state index contributed by atoms with van der Waals surface area (Å²) in [5.74, 6) is 0.418. The first-order valence-electron chi connectivity index (χ1n) is 9.02. The van der Waals surface area contributed by atoms with Crippen molar-refractivity contribution in [3.05, 3.63) is 69.9 Å². The summed E-state index contributed by atoms with van der Waals surface area (Å²) in [4.78, 5) is 9.63. The molecule has 0 unspecified atom stereocenters. The van der Waals surface area contributed by atoms with Crippen molar-refractivity contribution in [1.29, 1.82) is 0 Å². The second-order valence-electron chi connectivity index (χ2n) is 6.89. The normalized spacial score (nSPS) is 17.8. The quantitative estimate of drug-likeness (QED) is 0.668. The molecule has 1 aliphatic rings. The summed E-state index contributed by atoms with van der Waals surface area (Å²) in [5, 5.41) is 4.50. The number of pyridine rings is 1. The van der Waals surface area contributed by atoms with Gasteiger partial charge < -0.3 is 4.74 Å². The molecule has 3 aromatic rings. The molecule has 4 heterocycles. The summed E-state index contributed by atoms with van der Waals surface area (Å²) >= 11 is 1.88. The lowest BCUT2D eigenvalue weighted by molar-refractivity contribution is 0.0642. The van der Waals surface area contributed by atoms with Gasteiger partial charge >= 0.3 is 0 Å². The van der Waals surface area contributed by atoms with Gasteiger partial charge in [0.05, 0.1) is 24.6 Å². The van der Waals surface area contributed by atoms with Gasteiger partial charge in [0.15, 0.2) is 0 Å². The van der Waals surface area contributed by atoms with Gasteiger partial charge in [-0.05, 0) is 37.3 Å². The second kappa shape index (κ2) is 8.12. The molecule has 0 amide bonds. The minimum absolute atomic E-state index is 0.418. The maximum absolute atomic E-state index is 5.98. The van der Waals surface area contributed by atoms with Crippen LogP contribution >= 0.6 is 11.3 Å². The molecule has 0 aromatic carbocycles. The SMILES string of the molecule is Cc1ccc(CN2Cc3ccnn3C[C@@H](COCc3ccccn3)C2)s1. The van der Waals surface area contributed by atoms with Gasteiger partial charge in [-0.25, -0.2) is 0 Å². The van der Waals surface area contributed by atoms with Crippen LogP contribution in [-0.2, 0) is 31.0 Å². The van der Waals surface area contributed by atoms with E-state index in [9.17, 15) is 0 Å². The van der Waals surface area contributed by atoms with Crippen LogP contribution in [0.15, 0.2) is 48.8 Å². The molecule has 3 aromatic heterocycles. The van der Waals surface area contributed by atoms with Crippen LogP contribution in [-0.4, -0.2) is 32.8 Å². The average Bonchev–Trinajstić information content (AvgIpc) is 3.21. The number of aromatic nitrogens is 3. The van der Waals surface area contributed by atoms with Crippen LogP contribution in [0.2, 0.25) is 0 Å². The molecule has 5 nitrogen and oxygen atoms in total. The minimum atomic E-state index is 0.418. The van der Waals surface area contributed by atoms with Crippen molar-refractivity contribution in [1.82, 2.24) is 19.7 Å². The zero-order valence-corrected chi connectivity index (χ0v) is 15.9. The van der Waals surface area contributed by atoms with E-state index in [1.54, 1.807) is 0 Å². The predicted molar refractivity (Wildman–Crippen MR) is 103 cm³/mol. The fourth-order valence-corrected chi connectivity index (χ4v) is 4.38. The number of thiophene rings is 1. The number of hydrogen-bond donors (Lipinski definition) is 0. The Bertz CT molecular complexity index is 829. The van der Waals surface area contributed by atoms with E-state index in [1.165, 1.54) is 15.4 Å². The molecule has 0 N–H and O–H groups in total. The van der Waals surface area contributed by atoms with E-state index < -0.39 is 0 Å². The van der Waals surface area contributed by atoms with E-state index in [1.807, 2.05) is 41.9 Å². The maximum Gasteiger partial charge on any atom is 0.0887 e. The van der Waals surface area contributed by atoms with E-state index in [2.05, 4.69) is 44.8 Å². The molecule has 0 aliphatic carbocycles. The Morgan fingerprint density at radius 1 is 1.15 bits per heavy atom. The minimum Gasteiger partial charge on any atom is -0.375 e. The number of nitrogens with zero attached hydrogens (tertiary/aromatic N) is 4. The summed E-state index contributed by atoms with van der Waals surface area (Å²) in [7, 11) is 0. The molecule has 4 rings (SSSR count). The van der Waals surface area contributed by atoms with Crippen molar-refractivity contribution >= 4 is 11.3 Å². The molecule has 0 bridgehead atoms. The first-order chi connectivity index (χ1) is 12.8. The van der Waals surface area contributed by atoms with Crippen molar-refractivity contribution in [2.45, 2.75) is 33.2 Å². The highest BCUT2D eigenvalue weighted by molar-refractivity contribution is 7.11. The van der Waals surface area contributed by atoms with Crippen molar-refractivity contribution < 1.29 is 4.74 Å². The van der Waals surface area contributed by atoms with Gasteiger partial charge in [0.2, 0.25) is 0 Å². The van der Waals surface area contributed by atoms with Crippen LogP contribution in [0.3, 0.4) is 0 Å². The van der Waals surface area contributed by atoms with Crippen LogP contribution in [0.25, 0.3) is 0 Å². The first kappa shape index (κ1) is 17.4. The van der Waals surface area contributed by atoms with Crippen molar-refractivity contribution in [3.8, 4) is 0 Å². The van der Waals surface area contributed by atoms with Crippen LogP contribution < -0.4 is 0 Å². The van der Waals surface area contributed by atoms with Crippen molar-refractivity contribution in [2.24, 2.45) is 5.92 Å². The highest BCUT2D eigenvalue weighted by Crippen LogP contribution is 2.22. The Kier molecular flexibility index (Phi) is 5.43. The van der Waals surface area contributed by atoms with Gasteiger partial charge in [-0.1, -0.05) is 6.07 Å². The van der Waals surface area contributed by atoms with Crippen LogP contribution in [0.1, 0.15) is 21.1 Å². The predicted octanol–water partition coefficient (Wildman–Crippen LogP) is 3.50. The lowest BCUT2D eigenvalue weighted by atomic mass is 10.1. The zero-order valence-electron chi connectivity index (χ0n) is 15.0. The Labute approximate surface area is 158 Å². The molecule has 0 saturated heterocycles. The van der Waals surface area contributed by atoms with E-state index in [0.717, 1.165) is 38.5 Å². The lowest BCUT2D eigenvalue weighted by Crippen LogP contribution is -2.29. The summed E-state index contributed by atoms with van der Waals surface area (Å²) in [5.41, 5.74) is 2.26. The standard InChI is InChI=1S/C20H24N4OS/c1-16-5-6-20(26-16)13-23-10-17(11-24-19(12-23)7-9-22-24)14-25-15-18-4-2-3-8-21-18/h2-9,17H,10-15H2,1H3/t17-/m0/s1. The largest absolute Gasteiger partial charge is 0.375 e. The molecule has 1 atom stereocenters. The van der Waals surface area contributed by atoms with Gasteiger partial charge in [0.1, 0.15) is 0 Å². The number of rotatable bonds is 6. The van der Waals surface area contributed by atoms with E-state index in [-0.39, 0.29) is 0 Å². The molecule has 0 radical (unpaired) electrons. The summed E-state index contributed by atoms with van der Waals surface area (Å²) < 4.78 is 8.11. The van der Waals surface area contributed by atoms with Gasteiger partial charge in [-0.3, -0.25) is 14.6 Å². The summed E-state index contributed by atoms with van der Waals surface area (Å²) in [6.07, 6.45) is 3.71. The van der Waals surface area contributed by atoms with E-state index >= 15 is 0 Å². The molecule has 26 heavy (non-hydrogen) atoms. The topological polar surface area (TPSA) is 43.2 Å². The Balaban J connectivity index is 1.40. The molecular formula is C20H24N4OS. The maximum atomic E-state index is 5.98. The van der Waals surface area contributed by atoms with Crippen LogP contribution in [0.4, 0.5) is 0 Å². The molecule has 0 fully saturated rings. The molecule has 136 valence electrons. The number of aryl methyl sites for hydroxylation is 1. The van der Waals surface area contributed by atoms with Crippen LogP contribution in [0.5, 0.6) is 0 Å². The molecule has 0 saturated carbocycles. The number of hydrogen-bond acceptors (Lipinski definition) is 5. The third-order valence-electron chi connectivity index (χ3n) is 4.64. The number of ether oxygens (including phenoxy) is 1. The third-order valence-corrected chi connectivity index (χ3v) is 5.63. The molecule has 6 heteroatoms. The van der Waals surface area contributed by atoms with Crippen molar-refractivity contribution in [2.75, 3.05) is 13.2 Å². The lowest BCUT2D eigenvalue weighted by Gasteiger charge is -2.23. The second-order valence-corrected chi connectivity index (χ2v) is 8.26. The molecule has 0 spiro atoms. The Morgan fingerprint density at radius 3 is 2.92 bits per heavy atom. The average molecular weight is 369 g/mol. The van der Waals surface area contributed by atoms with Gasteiger partial charge in [-0.15, -0.1) is 11.3 Å². The van der Waals surface area contributed by atoms with E-state index in [4.69, 9.17) is 4.74 Å². The summed E-state index contributed by atoms with van der Waals surface area (Å²) in [6, 6.07) is 12.5. The van der Waals surface area contributed by atoms with Crippen LogP contribution in [0, 0.1) is 12.8 Å². The van der Waals surface area contributed by atoms with Gasteiger partial charge in [-0.2, -0.15) is 5.10 Å². The molecular weight excluding hydrogens is 344 g/mol. The third kappa shape index (κ3) is 4.38. The fraction of sp³-hybridized carbons (Fsp3) is 0.400. The highest BCUT2D eigenvalue weighted by atomic mass is 32.1. The monoisotopic (exact) mass is 368 g/mol. The summed E-state index contributed by atoms with van der Waals surface area (Å²) in [6.45, 7) is 7.30. The van der Waals surface area contributed by atoms with Gasteiger partial charge in [0.25, 0.3) is 0 Å². The van der Waals surface area contributed by atoms with Crippen molar-refractivity contribution in [3.63, 3.8) is 0 Å². The smallest absolute Gasteiger partial charge is 0.0887 e. The Morgan fingerprint density at radius 2 is 2.12 bits per heavy atom. The molecule has 1 aliphatic heterocycles. The zero-order chi connectivity index (χ0) is 17.8. The fourth-order valence-electron chi connectivity index (χ4n) is 3.45. The number of fused-ring (bicyclic) bond motifs is 1. The van der Waals surface area contributed by atoms with E-state index in [0.29, 0.717) is 12.5 Å². The first-order valence-corrected chi connectivity index (χ1v) is 9.84. The highest BCUT2D eigenvalue weighted by Gasteiger charge is 2.23. The Hall–Kier alpha value is -2.02.